The lowest BCUT2D eigenvalue weighted by molar-refractivity contribution is -0.275. The summed E-state index contributed by atoms with van der Waals surface area (Å²) >= 11 is 0. The third kappa shape index (κ3) is 5.57. The van der Waals surface area contributed by atoms with E-state index in [4.69, 9.17) is 0 Å². The number of rotatable bonds is 5. The van der Waals surface area contributed by atoms with Crippen LogP contribution in [-0.4, -0.2) is 14.8 Å². The summed E-state index contributed by atoms with van der Waals surface area (Å²) in [7, 11) is -4.65. The predicted octanol–water partition coefficient (Wildman–Crippen LogP) is 4.22. The zero-order chi connectivity index (χ0) is 20.5. The topological polar surface area (TPSA) is 55.4 Å². The summed E-state index contributed by atoms with van der Waals surface area (Å²) in [4.78, 5) is -0.908. The Morgan fingerprint density at radius 1 is 0.963 bits per heavy atom. The predicted molar refractivity (Wildman–Crippen MR) is 78.6 cm³/mol. The number of para-hydroxylation sites is 1. The first-order valence-electron chi connectivity index (χ1n) is 7.00. The van der Waals surface area contributed by atoms with Gasteiger partial charge in [-0.05, 0) is 30.3 Å². The summed E-state index contributed by atoms with van der Waals surface area (Å²) in [6, 6.07) is 5.12. The van der Waals surface area contributed by atoms with Gasteiger partial charge in [0, 0.05) is 12.1 Å². The summed E-state index contributed by atoms with van der Waals surface area (Å²) < 4.78 is 119. The minimum absolute atomic E-state index is 0.399. The zero-order valence-corrected chi connectivity index (χ0v) is 13.8. The lowest BCUT2D eigenvalue weighted by atomic mass is 10.1. The quantitative estimate of drug-likeness (QED) is 0.742. The van der Waals surface area contributed by atoms with Crippen molar-refractivity contribution in [2.45, 2.75) is 24.0 Å². The van der Waals surface area contributed by atoms with E-state index in [-0.39, 0.29) is 0 Å². The number of alkyl halides is 6. The Labute approximate surface area is 148 Å². The maximum Gasteiger partial charge on any atom is 0.573 e. The van der Waals surface area contributed by atoms with Crippen LogP contribution in [0.4, 0.5) is 30.7 Å². The van der Waals surface area contributed by atoms with Crippen molar-refractivity contribution in [3.8, 4) is 5.75 Å². The summed E-state index contributed by atoms with van der Waals surface area (Å²) in [6.45, 7) is -0.918. The fraction of sp³-hybridized carbons (Fsp3) is 0.200. The van der Waals surface area contributed by atoms with Crippen molar-refractivity contribution in [1.82, 2.24) is 4.72 Å². The van der Waals surface area contributed by atoms with Gasteiger partial charge in [0.25, 0.3) is 0 Å². The van der Waals surface area contributed by atoms with Crippen molar-refractivity contribution in [3.05, 3.63) is 59.4 Å². The molecule has 4 nitrogen and oxygen atoms in total. The average molecular weight is 417 g/mol. The lowest BCUT2D eigenvalue weighted by Crippen LogP contribution is -2.26. The molecule has 0 saturated heterocycles. The standard InChI is InChI=1S/C15H10F7NO3S/c16-11-6-5-10(14(17,18)19)7-9(11)8-23-27(24,25)13-4-2-1-3-12(13)26-15(20,21)22/h1-7,23H,8H2. The van der Waals surface area contributed by atoms with Crippen LogP contribution in [0.25, 0.3) is 0 Å². The van der Waals surface area contributed by atoms with E-state index in [9.17, 15) is 39.2 Å². The molecule has 0 spiro atoms. The molecule has 0 aliphatic heterocycles. The molecule has 0 saturated carbocycles. The molecule has 12 heteroatoms. The SMILES string of the molecule is O=S(=O)(NCc1cc(C(F)(F)F)ccc1F)c1ccccc1OC(F)(F)F. The molecule has 0 atom stereocenters. The van der Waals surface area contributed by atoms with Gasteiger partial charge >= 0.3 is 12.5 Å². The average Bonchev–Trinajstić information content (AvgIpc) is 2.52. The molecule has 0 aliphatic carbocycles. The highest BCUT2D eigenvalue weighted by molar-refractivity contribution is 7.89. The van der Waals surface area contributed by atoms with E-state index in [1.165, 1.54) is 0 Å². The molecule has 2 aromatic carbocycles. The van der Waals surface area contributed by atoms with Gasteiger partial charge in [0.2, 0.25) is 10.0 Å². The van der Waals surface area contributed by atoms with Gasteiger partial charge in [-0.1, -0.05) is 12.1 Å². The van der Waals surface area contributed by atoms with Gasteiger partial charge in [0.1, 0.15) is 16.5 Å². The molecular formula is C15H10F7NO3S. The fourth-order valence-electron chi connectivity index (χ4n) is 2.02. The second kappa shape index (κ2) is 7.35. The molecule has 0 radical (unpaired) electrons. The summed E-state index contributed by atoms with van der Waals surface area (Å²) in [5, 5.41) is 0. The molecule has 1 N–H and O–H groups in total. The van der Waals surface area contributed by atoms with Crippen LogP contribution in [-0.2, 0) is 22.7 Å². The number of ether oxygens (including phenoxy) is 1. The highest BCUT2D eigenvalue weighted by atomic mass is 32.2. The third-order valence-corrected chi connectivity index (χ3v) is 4.63. The summed E-state index contributed by atoms with van der Waals surface area (Å²) in [5.41, 5.74) is -1.85. The Kier molecular flexibility index (Phi) is 5.71. The van der Waals surface area contributed by atoms with E-state index in [0.717, 1.165) is 24.3 Å². The van der Waals surface area contributed by atoms with Crippen molar-refractivity contribution in [2.75, 3.05) is 0 Å². The minimum atomic E-state index is -5.17. The van der Waals surface area contributed by atoms with Gasteiger partial charge in [0.05, 0.1) is 5.56 Å². The molecule has 2 aromatic rings. The van der Waals surface area contributed by atoms with Crippen LogP contribution < -0.4 is 9.46 Å². The van der Waals surface area contributed by atoms with Crippen LogP contribution in [0.5, 0.6) is 5.75 Å². The number of hydrogen-bond acceptors (Lipinski definition) is 3. The molecule has 2 rings (SSSR count). The monoisotopic (exact) mass is 417 g/mol. The summed E-state index contributed by atoms with van der Waals surface area (Å²) in [5.74, 6) is -2.16. The van der Waals surface area contributed by atoms with Crippen molar-refractivity contribution in [1.29, 1.82) is 0 Å². The minimum Gasteiger partial charge on any atom is -0.404 e. The van der Waals surface area contributed by atoms with E-state index in [1.807, 2.05) is 0 Å². The van der Waals surface area contributed by atoms with Crippen molar-refractivity contribution in [2.24, 2.45) is 0 Å². The van der Waals surface area contributed by atoms with Crippen LogP contribution >= 0.6 is 0 Å². The van der Waals surface area contributed by atoms with Crippen LogP contribution in [0.3, 0.4) is 0 Å². The molecule has 0 aliphatic rings. The normalized spacial score (nSPS) is 12.9. The number of nitrogens with one attached hydrogen (secondary N) is 1. The Balaban J connectivity index is 2.29. The molecule has 0 fully saturated rings. The van der Waals surface area contributed by atoms with E-state index < -0.39 is 56.7 Å². The van der Waals surface area contributed by atoms with Crippen LogP contribution in [0.2, 0.25) is 0 Å². The van der Waals surface area contributed by atoms with Gasteiger partial charge in [0.15, 0.2) is 0 Å². The largest absolute Gasteiger partial charge is 0.573 e. The summed E-state index contributed by atoms with van der Waals surface area (Å²) in [6.07, 6.45) is -9.95. The molecule has 0 aromatic heterocycles. The first kappa shape index (κ1) is 21.0. The maximum absolute atomic E-state index is 13.7. The number of sulfonamides is 1. The van der Waals surface area contributed by atoms with E-state index in [1.54, 1.807) is 4.72 Å². The number of halogens is 7. The fourth-order valence-corrected chi connectivity index (χ4v) is 3.15. The van der Waals surface area contributed by atoms with Gasteiger partial charge in [-0.2, -0.15) is 13.2 Å². The molecule has 0 unspecified atom stereocenters. The van der Waals surface area contributed by atoms with Crippen molar-refractivity contribution >= 4 is 10.0 Å². The van der Waals surface area contributed by atoms with E-state index >= 15 is 0 Å². The first-order chi connectivity index (χ1) is 12.3. The van der Waals surface area contributed by atoms with Crippen molar-refractivity contribution in [3.63, 3.8) is 0 Å². The highest BCUT2D eigenvalue weighted by Crippen LogP contribution is 2.31. The molecule has 27 heavy (non-hydrogen) atoms. The molecule has 0 amide bonds. The Bertz CT molecular complexity index is 924. The van der Waals surface area contributed by atoms with Gasteiger partial charge in [-0.25, -0.2) is 17.5 Å². The zero-order valence-electron chi connectivity index (χ0n) is 13.0. The van der Waals surface area contributed by atoms with E-state index in [2.05, 4.69) is 4.74 Å². The number of hydrogen-bond donors (Lipinski definition) is 1. The van der Waals surface area contributed by atoms with Crippen LogP contribution in [0.1, 0.15) is 11.1 Å². The molecule has 148 valence electrons. The molecular weight excluding hydrogens is 407 g/mol. The van der Waals surface area contributed by atoms with Gasteiger partial charge in [-0.15, -0.1) is 13.2 Å². The van der Waals surface area contributed by atoms with Crippen molar-refractivity contribution < 1.29 is 43.9 Å². The second-order valence-electron chi connectivity index (χ2n) is 5.12. The smallest absolute Gasteiger partial charge is 0.404 e. The Hall–Kier alpha value is -2.34. The third-order valence-electron chi connectivity index (χ3n) is 3.19. The maximum atomic E-state index is 13.7. The van der Waals surface area contributed by atoms with Crippen LogP contribution in [0.15, 0.2) is 47.4 Å². The Morgan fingerprint density at radius 3 is 2.19 bits per heavy atom. The lowest BCUT2D eigenvalue weighted by Gasteiger charge is -2.14. The van der Waals surface area contributed by atoms with Gasteiger partial charge < -0.3 is 4.74 Å². The molecule has 0 heterocycles. The second-order valence-corrected chi connectivity index (χ2v) is 6.86. The van der Waals surface area contributed by atoms with Gasteiger partial charge in [-0.3, -0.25) is 0 Å². The Morgan fingerprint density at radius 2 is 1.59 bits per heavy atom. The molecule has 0 bridgehead atoms. The first-order valence-corrected chi connectivity index (χ1v) is 8.48. The van der Waals surface area contributed by atoms with E-state index in [0.29, 0.717) is 18.2 Å². The number of benzene rings is 2. The highest BCUT2D eigenvalue weighted by Gasteiger charge is 2.34. The van der Waals surface area contributed by atoms with Crippen LogP contribution in [0, 0.1) is 5.82 Å².